The van der Waals surface area contributed by atoms with Crippen molar-refractivity contribution in [2.45, 2.75) is 20.4 Å². The smallest absolute Gasteiger partial charge is 0.342 e. The number of fused-ring (bicyclic) bond motifs is 1. The van der Waals surface area contributed by atoms with Gasteiger partial charge in [0.2, 0.25) is 5.71 Å². The van der Waals surface area contributed by atoms with Crippen molar-refractivity contribution in [3.8, 4) is 5.75 Å². The highest BCUT2D eigenvalue weighted by molar-refractivity contribution is 6.03. The summed E-state index contributed by atoms with van der Waals surface area (Å²) >= 11 is 0. The van der Waals surface area contributed by atoms with E-state index in [0.29, 0.717) is 31.3 Å². The molecule has 0 saturated carbocycles. The molecular weight excluding hydrogens is 381 g/mol. The molecule has 0 spiro atoms. The molecule has 1 aromatic carbocycles. The van der Waals surface area contributed by atoms with Crippen molar-refractivity contribution in [2.75, 3.05) is 26.8 Å². The Labute approximate surface area is 166 Å². The maximum atomic E-state index is 12.9. The zero-order valence-electron chi connectivity index (χ0n) is 16.5. The first kappa shape index (κ1) is 20.5. The summed E-state index contributed by atoms with van der Waals surface area (Å²) in [4.78, 5) is 33.5. The van der Waals surface area contributed by atoms with E-state index in [-0.39, 0.29) is 34.8 Å². The maximum absolute atomic E-state index is 12.9. The van der Waals surface area contributed by atoms with Gasteiger partial charge in [0, 0.05) is 6.54 Å². The van der Waals surface area contributed by atoms with Crippen LogP contribution in [0.1, 0.15) is 28.9 Å². The van der Waals surface area contributed by atoms with Gasteiger partial charge in [-0.2, -0.15) is 4.98 Å². The van der Waals surface area contributed by atoms with Crippen LogP contribution in [0.2, 0.25) is 0 Å². The summed E-state index contributed by atoms with van der Waals surface area (Å²) in [6.45, 7) is 4.73. The van der Waals surface area contributed by atoms with Crippen LogP contribution < -0.4 is 10.3 Å². The monoisotopic (exact) mass is 403 g/mol. The van der Waals surface area contributed by atoms with E-state index in [4.69, 9.17) is 13.9 Å². The summed E-state index contributed by atoms with van der Waals surface area (Å²) in [6.07, 6.45) is 0. The Morgan fingerprint density at radius 1 is 1.31 bits per heavy atom. The topological polar surface area (TPSA) is 97.7 Å². The van der Waals surface area contributed by atoms with Gasteiger partial charge in [-0.05, 0) is 45.2 Å². The van der Waals surface area contributed by atoms with Gasteiger partial charge in [0.15, 0.2) is 0 Å². The molecule has 0 aliphatic heterocycles. The van der Waals surface area contributed by atoms with Crippen LogP contribution in [0, 0.1) is 12.7 Å². The lowest BCUT2D eigenvalue weighted by atomic mass is 10.2. The molecule has 0 saturated heterocycles. The molecule has 0 radical (unpaired) electrons. The average Bonchev–Trinajstić information content (AvgIpc) is 3.00. The van der Waals surface area contributed by atoms with Crippen molar-refractivity contribution in [2.24, 2.45) is 0 Å². The minimum Gasteiger partial charge on any atom is -0.492 e. The quantitative estimate of drug-likeness (QED) is 0.578. The Morgan fingerprint density at radius 3 is 2.72 bits per heavy atom. The second kappa shape index (κ2) is 8.87. The molecule has 29 heavy (non-hydrogen) atoms. The number of aryl methyl sites for hydroxylation is 1. The number of nitrogens with one attached hydrogen (secondary N) is 1. The van der Waals surface area contributed by atoms with Crippen LogP contribution in [-0.2, 0) is 11.3 Å². The number of hydrogen-bond donors (Lipinski definition) is 1. The Balaban J connectivity index is 1.67. The second-order valence-corrected chi connectivity index (χ2v) is 6.49. The second-order valence-electron chi connectivity index (χ2n) is 6.49. The van der Waals surface area contributed by atoms with E-state index in [9.17, 15) is 14.0 Å². The van der Waals surface area contributed by atoms with Gasteiger partial charge in [0.05, 0.1) is 13.2 Å². The fraction of sp³-hybridized carbons (Fsp3) is 0.350. The Bertz CT molecular complexity index is 1060. The van der Waals surface area contributed by atoms with E-state index >= 15 is 0 Å². The third kappa shape index (κ3) is 4.80. The fourth-order valence-corrected chi connectivity index (χ4v) is 2.87. The highest BCUT2D eigenvalue weighted by atomic mass is 19.1. The van der Waals surface area contributed by atoms with Crippen LogP contribution in [0.25, 0.3) is 11.1 Å². The molecule has 0 aliphatic rings. The zero-order chi connectivity index (χ0) is 21.0. The number of carbonyl (C=O) groups is 1. The number of benzene rings is 1. The number of likely N-dealkylation sites (N-methyl/N-ethyl adjacent to an activating group) is 1. The van der Waals surface area contributed by atoms with E-state index in [1.807, 2.05) is 11.9 Å². The van der Waals surface area contributed by atoms with E-state index in [0.717, 1.165) is 0 Å². The van der Waals surface area contributed by atoms with Crippen LogP contribution >= 0.6 is 0 Å². The van der Waals surface area contributed by atoms with Gasteiger partial charge in [0.25, 0.3) is 5.56 Å². The molecule has 2 heterocycles. The molecule has 9 heteroatoms. The number of aromatic nitrogens is 2. The molecule has 0 aliphatic carbocycles. The number of hydrogen-bond acceptors (Lipinski definition) is 7. The van der Waals surface area contributed by atoms with Crippen molar-refractivity contribution < 1.29 is 23.1 Å². The lowest BCUT2D eigenvalue weighted by Gasteiger charge is -2.16. The van der Waals surface area contributed by atoms with Gasteiger partial charge in [-0.1, -0.05) is 0 Å². The van der Waals surface area contributed by atoms with Crippen LogP contribution in [0.5, 0.6) is 5.75 Å². The minimum atomic E-state index is -0.612. The predicted molar refractivity (Wildman–Crippen MR) is 104 cm³/mol. The Hall–Kier alpha value is -3.20. The molecule has 154 valence electrons. The number of rotatable bonds is 8. The number of furan rings is 1. The number of carbonyl (C=O) groups excluding carboxylic acids is 1. The van der Waals surface area contributed by atoms with Gasteiger partial charge in [-0.3, -0.25) is 9.69 Å². The van der Waals surface area contributed by atoms with Crippen molar-refractivity contribution in [3.63, 3.8) is 0 Å². The molecular formula is C20H22FN3O5. The van der Waals surface area contributed by atoms with E-state index in [2.05, 4.69) is 9.97 Å². The first-order chi connectivity index (χ1) is 13.9. The summed E-state index contributed by atoms with van der Waals surface area (Å²) < 4.78 is 29.0. The third-order valence-electron chi connectivity index (χ3n) is 4.24. The van der Waals surface area contributed by atoms with E-state index in [1.54, 1.807) is 26.0 Å². The summed E-state index contributed by atoms with van der Waals surface area (Å²) in [7, 11) is 1.84. The van der Waals surface area contributed by atoms with Crippen molar-refractivity contribution >= 4 is 17.1 Å². The maximum Gasteiger partial charge on any atom is 0.342 e. The van der Waals surface area contributed by atoms with Gasteiger partial charge in [-0.15, -0.1) is 0 Å². The van der Waals surface area contributed by atoms with Crippen LogP contribution in [0.3, 0.4) is 0 Å². The van der Waals surface area contributed by atoms with Crippen molar-refractivity contribution in [1.82, 2.24) is 14.9 Å². The highest BCUT2D eigenvalue weighted by Gasteiger charge is 2.23. The minimum absolute atomic E-state index is 0.0898. The first-order valence-electron chi connectivity index (χ1n) is 9.15. The summed E-state index contributed by atoms with van der Waals surface area (Å²) in [5, 5.41) is 0.0898. The molecule has 3 rings (SSSR count). The third-order valence-corrected chi connectivity index (χ3v) is 4.24. The Kier molecular flexibility index (Phi) is 6.28. The number of H-pyrrole nitrogens is 1. The largest absolute Gasteiger partial charge is 0.492 e. The molecule has 0 atom stereocenters. The standard InChI is InChI=1S/C20H22FN3O5/c1-4-27-20(26)16-12(2)29-19-17(16)18(25)22-15(23-19)11-24(3)9-10-28-14-7-5-13(21)6-8-14/h5-8H,4,9-11H2,1-3H3,(H,22,23,25). The van der Waals surface area contributed by atoms with Gasteiger partial charge >= 0.3 is 5.97 Å². The molecule has 8 nitrogen and oxygen atoms in total. The number of ether oxygens (including phenoxy) is 2. The number of esters is 1. The van der Waals surface area contributed by atoms with Gasteiger partial charge < -0.3 is 18.9 Å². The molecule has 3 aromatic rings. The SMILES string of the molecule is CCOC(=O)c1c(C)oc2nc(CN(C)CCOc3ccc(F)cc3)[nH]c(=O)c12. The summed E-state index contributed by atoms with van der Waals surface area (Å²) in [6, 6.07) is 5.78. The molecule has 1 N–H and O–H groups in total. The number of aromatic amines is 1. The number of halogens is 1. The van der Waals surface area contributed by atoms with Gasteiger partial charge in [-0.25, -0.2) is 9.18 Å². The molecule has 2 aromatic heterocycles. The molecule has 0 unspecified atom stereocenters. The lowest BCUT2D eigenvalue weighted by molar-refractivity contribution is 0.0526. The highest BCUT2D eigenvalue weighted by Crippen LogP contribution is 2.22. The average molecular weight is 403 g/mol. The Morgan fingerprint density at radius 2 is 2.03 bits per heavy atom. The fourth-order valence-electron chi connectivity index (χ4n) is 2.87. The number of nitrogens with zero attached hydrogens (tertiary/aromatic N) is 2. The zero-order valence-corrected chi connectivity index (χ0v) is 16.5. The van der Waals surface area contributed by atoms with E-state index in [1.165, 1.54) is 12.1 Å². The van der Waals surface area contributed by atoms with Crippen LogP contribution in [-0.4, -0.2) is 47.6 Å². The predicted octanol–water partition coefficient (Wildman–Crippen LogP) is 2.65. The van der Waals surface area contributed by atoms with E-state index < -0.39 is 11.5 Å². The van der Waals surface area contributed by atoms with Crippen molar-refractivity contribution in [3.05, 3.63) is 57.6 Å². The first-order valence-corrected chi connectivity index (χ1v) is 9.15. The lowest BCUT2D eigenvalue weighted by Crippen LogP contribution is -2.26. The van der Waals surface area contributed by atoms with Crippen molar-refractivity contribution in [1.29, 1.82) is 0 Å². The van der Waals surface area contributed by atoms with Crippen LogP contribution in [0.4, 0.5) is 4.39 Å². The molecule has 0 bridgehead atoms. The molecule has 0 amide bonds. The van der Waals surface area contributed by atoms with Gasteiger partial charge in [0.1, 0.15) is 40.7 Å². The molecule has 0 fully saturated rings. The summed E-state index contributed by atoms with van der Waals surface area (Å²) in [5.41, 5.74) is -0.260. The normalized spacial score (nSPS) is 11.2. The van der Waals surface area contributed by atoms with Crippen LogP contribution in [0.15, 0.2) is 33.5 Å². The summed E-state index contributed by atoms with van der Waals surface area (Å²) in [5.74, 6) is 0.328.